The van der Waals surface area contributed by atoms with Gasteiger partial charge in [-0.1, -0.05) is 23.4 Å². The number of aliphatic carboxylic acids is 1. The zero-order chi connectivity index (χ0) is 13.8. The quantitative estimate of drug-likeness (QED) is 0.904. The molecule has 0 aliphatic heterocycles. The van der Waals surface area contributed by atoms with Gasteiger partial charge >= 0.3 is 5.97 Å². The number of carbonyl (C=O) groups excluding carboxylic acids is 1. The number of carbonyl (C=O) groups is 2. The van der Waals surface area contributed by atoms with Crippen LogP contribution in [0.4, 0.5) is 5.69 Å². The predicted octanol–water partition coefficient (Wildman–Crippen LogP) is 1.71. The van der Waals surface area contributed by atoms with Gasteiger partial charge < -0.3 is 9.63 Å². The minimum atomic E-state index is -1.10. The van der Waals surface area contributed by atoms with Crippen molar-refractivity contribution >= 4 is 17.6 Å². The minimum Gasteiger partial charge on any atom is -0.480 e. The number of carboxylic acids is 1. The van der Waals surface area contributed by atoms with Crippen molar-refractivity contribution in [2.45, 2.75) is 6.92 Å². The maximum atomic E-state index is 12.2. The number of anilines is 1. The lowest BCUT2D eigenvalue weighted by Crippen LogP contribution is -2.35. The van der Waals surface area contributed by atoms with Crippen LogP contribution in [0.1, 0.15) is 16.2 Å². The lowest BCUT2D eigenvalue weighted by atomic mass is 10.2. The number of hydrogen-bond acceptors (Lipinski definition) is 4. The number of amides is 1. The molecule has 19 heavy (non-hydrogen) atoms. The molecule has 6 nitrogen and oxygen atoms in total. The van der Waals surface area contributed by atoms with Crippen molar-refractivity contribution in [3.63, 3.8) is 0 Å². The van der Waals surface area contributed by atoms with Crippen LogP contribution >= 0.6 is 0 Å². The van der Waals surface area contributed by atoms with Crippen LogP contribution in [0.15, 0.2) is 40.9 Å². The lowest BCUT2D eigenvalue weighted by molar-refractivity contribution is -0.135. The molecular weight excluding hydrogens is 248 g/mol. The largest absolute Gasteiger partial charge is 0.480 e. The molecule has 0 aliphatic carbocycles. The molecule has 1 aromatic carbocycles. The first-order chi connectivity index (χ1) is 9.08. The molecule has 0 radical (unpaired) electrons. The molecule has 0 saturated heterocycles. The highest BCUT2D eigenvalue weighted by molar-refractivity contribution is 6.06. The second kappa shape index (κ2) is 5.34. The van der Waals surface area contributed by atoms with Crippen LogP contribution < -0.4 is 4.90 Å². The molecular formula is C13H12N2O4. The fourth-order valence-electron chi connectivity index (χ4n) is 1.63. The number of hydrogen-bond donors (Lipinski definition) is 1. The third-order valence-electron chi connectivity index (χ3n) is 2.45. The SMILES string of the molecule is Cc1cc(C(=O)N(CC(=O)O)c2ccccc2)no1. The fraction of sp³-hybridized carbons (Fsp3) is 0.154. The number of para-hydroxylation sites is 1. The molecule has 0 spiro atoms. The number of rotatable bonds is 4. The summed E-state index contributed by atoms with van der Waals surface area (Å²) < 4.78 is 4.83. The molecule has 6 heteroatoms. The van der Waals surface area contributed by atoms with Gasteiger partial charge in [0.15, 0.2) is 5.69 Å². The van der Waals surface area contributed by atoms with Crippen molar-refractivity contribution < 1.29 is 19.2 Å². The number of nitrogens with zero attached hydrogens (tertiary/aromatic N) is 2. The second-order valence-corrected chi connectivity index (χ2v) is 3.94. The Labute approximate surface area is 109 Å². The van der Waals surface area contributed by atoms with Gasteiger partial charge in [-0.05, 0) is 19.1 Å². The van der Waals surface area contributed by atoms with Crippen LogP contribution in [-0.4, -0.2) is 28.7 Å². The van der Waals surface area contributed by atoms with Crippen LogP contribution in [0.3, 0.4) is 0 Å². The molecule has 0 saturated carbocycles. The Morgan fingerprint density at radius 1 is 1.32 bits per heavy atom. The van der Waals surface area contributed by atoms with E-state index in [1.54, 1.807) is 37.3 Å². The van der Waals surface area contributed by atoms with E-state index in [2.05, 4.69) is 5.16 Å². The average molecular weight is 260 g/mol. The van der Waals surface area contributed by atoms with E-state index < -0.39 is 18.4 Å². The Bertz CT molecular complexity index is 592. The van der Waals surface area contributed by atoms with E-state index in [9.17, 15) is 9.59 Å². The van der Waals surface area contributed by atoms with Crippen molar-refractivity contribution in [3.05, 3.63) is 47.9 Å². The van der Waals surface area contributed by atoms with E-state index >= 15 is 0 Å². The Kier molecular flexibility index (Phi) is 3.61. The normalized spacial score (nSPS) is 10.2. The number of benzene rings is 1. The first-order valence-electron chi connectivity index (χ1n) is 5.60. The standard InChI is InChI=1S/C13H12N2O4/c1-9-7-11(14-19-9)13(18)15(8-12(16)17)10-5-3-2-4-6-10/h2-7H,8H2,1H3,(H,16,17). The highest BCUT2D eigenvalue weighted by Gasteiger charge is 2.22. The predicted molar refractivity (Wildman–Crippen MR) is 67.0 cm³/mol. The van der Waals surface area contributed by atoms with Crippen molar-refractivity contribution in [1.29, 1.82) is 0 Å². The van der Waals surface area contributed by atoms with E-state index in [4.69, 9.17) is 9.63 Å². The Morgan fingerprint density at radius 3 is 2.53 bits per heavy atom. The van der Waals surface area contributed by atoms with Crippen molar-refractivity contribution in [3.8, 4) is 0 Å². The molecule has 0 atom stereocenters. The van der Waals surface area contributed by atoms with E-state index in [-0.39, 0.29) is 5.69 Å². The third kappa shape index (κ3) is 2.98. The van der Waals surface area contributed by atoms with E-state index in [0.717, 1.165) is 4.90 Å². The summed E-state index contributed by atoms with van der Waals surface area (Å²) >= 11 is 0. The molecule has 1 heterocycles. The van der Waals surface area contributed by atoms with Crippen LogP contribution in [0.25, 0.3) is 0 Å². The number of carboxylic acid groups (broad SMARTS) is 1. The molecule has 2 aromatic rings. The van der Waals surface area contributed by atoms with Gasteiger partial charge in [0.2, 0.25) is 0 Å². The maximum Gasteiger partial charge on any atom is 0.323 e. The third-order valence-corrected chi connectivity index (χ3v) is 2.45. The van der Waals surface area contributed by atoms with Crippen molar-refractivity contribution in [2.75, 3.05) is 11.4 Å². The van der Waals surface area contributed by atoms with Gasteiger partial charge in [0.25, 0.3) is 5.91 Å². The molecule has 1 aromatic heterocycles. The number of aromatic nitrogens is 1. The van der Waals surface area contributed by atoms with Gasteiger partial charge in [0.1, 0.15) is 12.3 Å². The molecule has 1 amide bonds. The fourth-order valence-corrected chi connectivity index (χ4v) is 1.63. The molecule has 2 rings (SSSR count). The Hall–Kier alpha value is -2.63. The smallest absolute Gasteiger partial charge is 0.323 e. The average Bonchev–Trinajstić information content (AvgIpc) is 2.83. The van der Waals surface area contributed by atoms with Crippen LogP contribution in [0, 0.1) is 6.92 Å². The van der Waals surface area contributed by atoms with E-state index in [0.29, 0.717) is 11.4 Å². The highest BCUT2D eigenvalue weighted by Crippen LogP contribution is 2.16. The van der Waals surface area contributed by atoms with Gasteiger partial charge in [0, 0.05) is 11.8 Å². The van der Waals surface area contributed by atoms with Crippen LogP contribution in [0.2, 0.25) is 0 Å². The van der Waals surface area contributed by atoms with Gasteiger partial charge in [-0.3, -0.25) is 14.5 Å². The number of aryl methyl sites for hydroxylation is 1. The van der Waals surface area contributed by atoms with Gasteiger partial charge in [-0.25, -0.2) is 0 Å². The summed E-state index contributed by atoms with van der Waals surface area (Å²) in [5, 5.41) is 12.5. The summed E-state index contributed by atoms with van der Waals surface area (Å²) in [4.78, 5) is 24.3. The van der Waals surface area contributed by atoms with E-state index in [1.807, 2.05) is 0 Å². The van der Waals surface area contributed by atoms with E-state index in [1.165, 1.54) is 6.07 Å². The zero-order valence-corrected chi connectivity index (χ0v) is 10.2. The maximum absolute atomic E-state index is 12.2. The summed E-state index contributed by atoms with van der Waals surface area (Å²) in [5.41, 5.74) is 0.582. The van der Waals surface area contributed by atoms with Crippen LogP contribution in [0.5, 0.6) is 0 Å². The zero-order valence-electron chi connectivity index (χ0n) is 10.2. The molecule has 0 bridgehead atoms. The molecule has 0 aliphatic rings. The minimum absolute atomic E-state index is 0.0857. The highest BCUT2D eigenvalue weighted by atomic mass is 16.5. The Morgan fingerprint density at radius 2 is 2.00 bits per heavy atom. The summed E-state index contributed by atoms with van der Waals surface area (Å²) in [7, 11) is 0. The lowest BCUT2D eigenvalue weighted by Gasteiger charge is -2.19. The van der Waals surface area contributed by atoms with Gasteiger partial charge in [-0.15, -0.1) is 0 Å². The monoisotopic (exact) mass is 260 g/mol. The summed E-state index contributed by atoms with van der Waals surface area (Å²) in [6.45, 7) is 1.22. The van der Waals surface area contributed by atoms with Crippen molar-refractivity contribution in [2.24, 2.45) is 0 Å². The van der Waals surface area contributed by atoms with Gasteiger partial charge in [0.05, 0.1) is 0 Å². The topological polar surface area (TPSA) is 83.6 Å². The molecule has 0 unspecified atom stereocenters. The summed E-state index contributed by atoms with van der Waals surface area (Å²) in [6, 6.07) is 10.0. The van der Waals surface area contributed by atoms with Gasteiger partial charge in [-0.2, -0.15) is 0 Å². The molecule has 0 fully saturated rings. The van der Waals surface area contributed by atoms with Crippen LogP contribution in [-0.2, 0) is 4.79 Å². The molecule has 98 valence electrons. The second-order valence-electron chi connectivity index (χ2n) is 3.94. The first-order valence-corrected chi connectivity index (χ1v) is 5.60. The summed E-state index contributed by atoms with van der Waals surface area (Å²) in [5.74, 6) is -1.12. The summed E-state index contributed by atoms with van der Waals surface area (Å²) in [6.07, 6.45) is 0. The first kappa shape index (κ1) is 12.8. The van der Waals surface area contributed by atoms with Crippen molar-refractivity contribution in [1.82, 2.24) is 5.16 Å². The molecule has 1 N–H and O–H groups in total. The Balaban J connectivity index is 2.33.